The van der Waals surface area contributed by atoms with Gasteiger partial charge in [-0.25, -0.2) is 13.6 Å². The van der Waals surface area contributed by atoms with E-state index in [2.05, 4.69) is 19.9 Å². The highest BCUT2D eigenvalue weighted by molar-refractivity contribution is 7.11. The number of amides is 3. The number of aliphatic hydroxyl groups is 1. The van der Waals surface area contributed by atoms with Crippen molar-refractivity contribution >= 4 is 28.5 Å². The fourth-order valence-corrected chi connectivity index (χ4v) is 4.57. The molecule has 2 aromatic rings. The van der Waals surface area contributed by atoms with Crippen LogP contribution in [0.2, 0.25) is 0 Å². The van der Waals surface area contributed by atoms with Crippen molar-refractivity contribution in [3.8, 4) is 5.88 Å². The molecule has 1 unspecified atom stereocenters. The molecule has 0 saturated carbocycles. The van der Waals surface area contributed by atoms with Crippen LogP contribution in [0.15, 0.2) is 12.1 Å². The van der Waals surface area contributed by atoms with Gasteiger partial charge < -0.3 is 25.8 Å². The number of rotatable bonds is 11. The molecule has 0 radical (unpaired) electrons. The van der Waals surface area contributed by atoms with Gasteiger partial charge in [0.2, 0.25) is 5.88 Å². The molecule has 1 atom stereocenters. The lowest BCUT2D eigenvalue weighted by Gasteiger charge is -2.28. The van der Waals surface area contributed by atoms with Gasteiger partial charge in [0.05, 0.1) is 6.10 Å². The van der Waals surface area contributed by atoms with Gasteiger partial charge in [-0.05, 0) is 62.8 Å². The van der Waals surface area contributed by atoms with Crippen LogP contribution >= 0.6 is 11.5 Å². The highest BCUT2D eigenvalue weighted by Gasteiger charge is 2.23. The highest BCUT2D eigenvalue weighted by atomic mass is 32.1. The first-order valence-corrected chi connectivity index (χ1v) is 12.3. The molecule has 192 valence electrons. The second-order valence-electron chi connectivity index (χ2n) is 8.55. The minimum Gasteiger partial charge on any atom is -0.471 e. The fourth-order valence-electron chi connectivity index (χ4n) is 3.84. The van der Waals surface area contributed by atoms with Crippen molar-refractivity contribution in [1.82, 2.24) is 14.6 Å². The number of nitrogens with zero attached hydrogens (tertiary/aromatic N) is 2. The normalized spacial score (nSPS) is 15.0. The van der Waals surface area contributed by atoms with E-state index in [0.29, 0.717) is 25.9 Å². The number of anilines is 1. The van der Waals surface area contributed by atoms with Crippen molar-refractivity contribution in [3.05, 3.63) is 40.5 Å². The molecule has 1 fully saturated rings. The summed E-state index contributed by atoms with van der Waals surface area (Å²) in [5.74, 6) is -3.09. The Morgan fingerprint density at radius 2 is 2.00 bits per heavy atom. The number of halogens is 2. The smallest absolute Gasteiger partial charge is 0.319 e. The maximum atomic E-state index is 14.1. The quantitative estimate of drug-likeness (QED) is 0.343. The lowest BCUT2D eigenvalue weighted by atomic mass is 10.1. The SMILES string of the molecule is Cc1ccc(COc2nsc(NC(=O)NCCCC(O)CN3CCCCC3)c2C(N)=O)c(F)c1F. The first-order chi connectivity index (χ1) is 16.8. The van der Waals surface area contributed by atoms with Crippen LogP contribution in [0.3, 0.4) is 0 Å². The van der Waals surface area contributed by atoms with Crippen LogP contribution in [0.4, 0.5) is 18.6 Å². The molecule has 0 spiro atoms. The van der Waals surface area contributed by atoms with E-state index in [1.807, 2.05) is 0 Å². The number of piperidine rings is 1. The van der Waals surface area contributed by atoms with Crippen LogP contribution in [-0.2, 0) is 6.61 Å². The van der Waals surface area contributed by atoms with Crippen LogP contribution in [0, 0.1) is 18.6 Å². The van der Waals surface area contributed by atoms with E-state index in [-0.39, 0.29) is 34.2 Å². The predicted molar refractivity (Wildman–Crippen MR) is 129 cm³/mol. The molecule has 3 rings (SSSR count). The van der Waals surface area contributed by atoms with E-state index in [1.54, 1.807) is 0 Å². The largest absolute Gasteiger partial charge is 0.471 e. The zero-order valence-corrected chi connectivity index (χ0v) is 20.4. The molecule has 5 N–H and O–H groups in total. The standard InChI is InChI=1S/C23H31F2N5O4S/c1-14-7-8-15(19(25)18(14)24)13-34-21-17(20(26)32)22(35-29-21)28-23(33)27-9-5-6-16(31)12-30-10-3-2-4-11-30/h7-8,16,31H,2-6,9-13H2,1H3,(H2,26,32)(H2,27,28,33). The van der Waals surface area contributed by atoms with Gasteiger partial charge in [-0.1, -0.05) is 18.6 Å². The summed E-state index contributed by atoms with van der Waals surface area (Å²) < 4.78 is 37.2. The number of urea groups is 1. The Bertz CT molecular complexity index is 1030. The molecular weight excluding hydrogens is 480 g/mol. The highest BCUT2D eigenvalue weighted by Crippen LogP contribution is 2.31. The van der Waals surface area contributed by atoms with Gasteiger partial charge in [0.1, 0.15) is 17.2 Å². The topological polar surface area (TPSA) is 130 Å². The van der Waals surface area contributed by atoms with E-state index in [1.165, 1.54) is 25.5 Å². The number of benzene rings is 1. The number of β-amino-alcohol motifs (C(OH)–C–C–N with tert-alkyl or cyclic N) is 1. The molecule has 0 aliphatic carbocycles. The van der Waals surface area contributed by atoms with Gasteiger partial charge in [-0.3, -0.25) is 10.1 Å². The summed E-state index contributed by atoms with van der Waals surface area (Å²) >= 11 is 0.780. The van der Waals surface area contributed by atoms with Crippen molar-refractivity contribution in [2.45, 2.75) is 51.7 Å². The minimum absolute atomic E-state index is 0.0498. The number of aliphatic hydroxyl groups excluding tert-OH is 1. The lowest BCUT2D eigenvalue weighted by molar-refractivity contribution is 0.0933. The summed E-state index contributed by atoms with van der Waals surface area (Å²) in [6.45, 7) is 4.05. The van der Waals surface area contributed by atoms with Gasteiger partial charge in [-0.2, -0.15) is 4.37 Å². The molecule has 1 aromatic heterocycles. The van der Waals surface area contributed by atoms with Crippen LogP contribution in [-0.4, -0.2) is 58.6 Å². The van der Waals surface area contributed by atoms with Crippen molar-refractivity contribution in [2.75, 3.05) is 31.5 Å². The Hall–Kier alpha value is -2.83. The summed E-state index contributed by atoms with van der Waals surface area (Å²) in [7, 11) is 0. The van der Waals surface area contributed by atoms with Gasteiger partial charge in [-0.15, -0.1) is 0 Å². The number of carbonyl (C=O) groups is 2. The molecule has 12 heteroatoms. The monoisotopic (exact) mass is 511 g/mol. The summed E-state index contributed by atoms with van der Waals surface area (Å²) in [6, 6.07) is 2.22. The molecule has 1 aliphatic rings. The maximum absolute atomic E-state index is 14.1. The van der Waals surface area contributed by atoms with Crippen molar-refractivity contribution in [1.29, 1.82) is 0 Å². The maximum Gasteiger partial charge on any atom is 0.319 e. The number of hydrogen-bond donors (Lipinski definition) is 4. The predicted octanol–water partition coefficient (Wildman–Crippen LogP) is 3.16. The Kier molecular flexibility index (Phi) is 9.75. The number of nitrogens with one attached hydrogen (secondary N) is 2. The molecule has 1 aliphatic heterocycles. The zero-order chi connectivity index (χ0) is 25.4. The molecule has 2 heterocycles. The molecule has 1 aromatic carbocycles. The second kappa shape index (κ2) is 12.8. The first-order valence-electron chi connectivity index (χ1n) is 11.6. The van der Waals surface area contributed by atoms with E-state index in [4.69, 9.17) is 10.5 Å². The van der Waals surface area contributed by atoms with Crippen LogP contribution in [0.1, 0.15) is 53.6 Å². The van der Waals surface area contributed by atoms with E-state index in [9.17, 15) is 23.5 Å². The molecule has 3 amide bonds. The average Bonchev–Trinajstić information content (AvgIpc) is 3.23. The Labute approximate surface area is 206 Å². The fraction of sp³-hybridized carbons (Fsp3) is 0.522. The second-order valence-corrected chi connectivity index (χ2v) is 9.33. The molecular formula is C23H31F2N5O4S. The van der Waals surface area contributed by atoms with Gasteiger partial charge >= 0.3 is 6.03 Å². The van der Waals surface area contributed by atoms with Gasteiger partial charge in [0, 0.05) is 18.7 Å². The van der Waals surface area contributed by atoms with Crippen LogP contribution < -0.4 is 21.1 Å². The summed E-state index contributed by atoms with van der Waals surface area (Å²) in [5, 5.41) is 15.4. The zero-order valence-electron chi connectivity index (χ0n) is 19.6. The minimum atomic E-state index is -1.04. The number of nitrogens with two attached hydrogens (primary N) is 1. The lowest BCUT2D eigenvalue weighted by Crippen LogP contribution is -2.37. The number of ether oxygens (including phenoxy) is 1. The number of carbonyl (C=O) groups excluding carboxylic acids is 2. The molecule has 35 heavy (non-hydrogen) atoms. The Morgan fingerprint density at radius 3 is 2.71 bits per heavy atom. The van der Waals surface area contributed by atoms with E-state index < -0.39 is 29.7 Å². The van der Waals surface area contributed by atoms with Crippen LogP contribution in [0.25, 0.3) is 0 Å². The molecule has 1 saturated heterocycles. The van der Waals surface area contributed by atoms with E-state index >= 15 is 0 Å². The van der Waals surface area contributed by atoms with Crippen molar-refractivity contribution < 1.29 is 28.2 Å². The number of primary amides is 1. The van der Waals surface area contributed by atoms with Crippen molar-refractivity contribution in [2.24, 2.45) is 5.73 Å². The number of aryl methyl sites for hydroxylation is 1. The Morgan fingerprint density at radius 1 is 1.26 bits per heavy atom. The number of hydrogen-bond acceptors (Lipinski definition) is 7. The summed E-state index contributed by atoms with van der Waals surface area (Å²) in [6.07, 6.45) is 4.24. The Balaban J connectivity index is 1.47. The first kappa shape index (κ1) is 26.8. The summed E-state index contributed by atoms with van der Waals surface area (Å²) in [5.41, 5.74) is 5.37. The van der Waals surface area contributed by atoms with Crippen molar-refractivity contribution in [3.63, 3.8) is 0 Å². The van der Waals surface area contributed by atoms with Gasteiger partial charge in [0.25, 0.3) is 5.91 Å². The third-order valence-electron chi connectivity index (χ3n) is 5.77. The average molecular weight is 512 g/mol. The summed E-state index contributed by atoms with van der Waals surface area (Å²) in [4.78, 5) is 26.4. The molecule has 9 nitrogen and oxygen atoms in total. The molecule has 0 bridgehead atoms. The number of aromatic nitrogens is 1. The third-order valence-corrected chi connectivity index (χ3v) is 6.52. The van der Waals surface area contributed by atoms with Gasteiger partial charge in [0.15, 0.2) is 11.6 Å². The van der Waals surface area contributed by atoms with E-state index in [0.717, 1.165) is 37.5 Å². The van der Waals surface area contributed by atoms with Crippen LogP contribution in [0.5, 0.6) is 5.88 Å². The number of likely N-dealkylation sites (tertiary alicyclic amines) is 1. The third kappa shape index (κ3) is 7.58.